The highest BCUT2D eigenvalue weighted by Crippen LogP contribution is 2.14. The number of carbonyl (C=O) groups is 9. The number of carbonyl (C=O) groups excluding carboxylic acids is 7. The summed E-state index contributed by atoms with van der Waals surface area (Å²) in [4.78, 5) is 104. The number of imide groups is 1. The van der Waals surface area contributed by atoms with Crippen LogP contribution < -0.4 is 26.6 Å². The lowest BCUT2D eigenvalue weighted by atomic mass is 10.0. The van der Waals surface area contributed by atoms with Gasteiger partial charge in [-0.25, -0.2) is 4.79 Å². The van der Waals surface area contributed by atoms with Crippen molar-refractivity contribution in [1.29, 1.82) is 0 Å². The Kier molecular flexibility index (Phi) is 40.3. The lowest BCUT2D eigenvalue weighted by Gasteiger charge is -2.14. The average molecular weight is 957 g/mol. The van der Waals surface area contributed by atoms with E-state index in [0.717, 1.165) is 68.4 Å². The Morgan fingerprint density at radius 2 is 0.970 bits per heavy atom. The van der Waals surface area contributed by atoms with Crippen LogP contribution in [-0.4, -0.2) is 161 Å². The highest BCUT2D eigenvalue weighted by Gasteiger charge is 2.24. The van der Waals surface area contributed by atoms with Crippen molar-refractivity contribution in [2.45, 2.75) is 141 Å². The summed E-state index contributed by atoms with van der Waals surface area (Å²) in [5.41, 5.74) is 0. The highest BCUT2D eigenvalue weighted by atomic mass is 16.5. The summed E-state index contributed by atoms with van der Waals surface area (Å²) in [6, 6.07) is -1.05. The number of hydrogen-bond acceptors (Lipinski definition) is 13. The Morgan fingerprint density at radius 1 is 0.522 bits per heavy atom. The van der Waals surface area contributed by atoms with E-state index in [1.54, 1.807) is 0 Å². The second kappa shape index (κ2) is 43.6. The molecule has 0 aliphatic carbocycles. The van der Waals surface area contributed by atoms with E-state index in [4.69, 9.17) is 24.1 Å². The predicted molar refractivity (Wildman–Crippen MR) is 247 cm³/mol. The van der Waals surface area contributed by atoms with Crippen LogP contribution in [-0.2, 0) is 62.1 Å². The molecule has 0 unspecified atom stereocenters. The zero-order chi connectivity index (χ0) is 49.8. The molecule has 67 heavy (non-hydrogen) atoms. The minimum absolute atomic E-state index is 0.00741. The summed E-state index contributed by atoms with van der Waals surface area (Å²) < 4.78 is 20.4. The van der Waals surface area contributed by atoms with E-state index in [0.29, 0.717) is 39.3 Å². The average Bonchev–Trinajstić information content (AvgIpc) is 3.62. The molecular formula is C46H80N6O15. The Labute approximate surface area is 395 Å². The number of rotatable bonds is 43. The number of ether oxygens (including phenoxy) is 4. The van der Waals surface area contributed by atoms with Crippen LogP contribution in [0.5, 0.6) is 0 Å². The number of nitrogens with one attached hydrogen (secondary N) is 5. The van der Waals surface area contributed by atoms with Gasteiger partial charge in [0.05, 0.1) is 26.4 Å². The molecular weight excluding hydrogens is 877 g/mol. The second-order valence-corrected chi connectivity index (χ2v) is 15.9. The smallest absolute Gasteiger partial charge is 0.326 e. The molecule has 0 aromatic heterocycles. The van der Waals surface area contributed by atoms with Crippen LogP contribution in [0.4, 0.5) is 0 Å². The fourth-order valence-corrected chi connectivity index (χ4v) is 6.28. The topological polar surface area (TPSA) is 294 Å². The maximum absolute atomic E-state index is 12.1. The van der Waals surface area contributed by atoms with Gasteiger partial charge in [-0.1, -0.05) is 84.0 Å². The van der Waals surface area contributed by atoms with Gasteiger partial charge in [0, 0.05) is 84.3 Å². The molecule has 7 N–H and O–H groups in total. The molecule has 1 aliphatic rings. The third-order valence-electron chi connectivity index (χ3n) is 9.95. The first-order chi connectivity index (χ1) is 32.3. The Bertz CT molecular complexity index is 1450. The minimum Gasteiger partial charge on any atom is -0.481 e. The standard InChI is InChI=1S/C26H48N2O7.C20H32N4O8/c1-35-21-20-27-23(29)19-18-22(26(33)34)28-24(30)16-14-12-10-8-6-4-2-3-5-7-9-11-13-15-17-25(31)32;1-2-10-31-14-18(27)23-8-11-30-12-13-32-15-17(26)22-7-6-21-16(25)5-9-24-19(28)3-4-20(24)29/h22H,2-21H2,1H3,(H,27,29)(H,28,30)(H,31,32)(H,33,34);3-4H,2,5-15H2,1H3,(H,21,25)(H,22,26)(H,23,27)/t22-;/m0./s1. The Hall–Kier alpha value is -4.99. The van der Waals surface area contributed by atoms with E-state index in [9.17, 15) is 48.3 Å². The van der Waals surface area contributed by atoms with Gasteiger partial charge in [0.15, 0.2) is 0 Å². The monoisotopic (exact) mass is 957 g/mol. The van der Waals surface area contributed by atoms with Gasteiger partial charge < -0.3 is 55.7 Å². The largest absolute Gasteiger partial charge is 0.481 e. The second-order valence-electron chi connectivity index (χ2n) is 15.9. The summed E-state index contributed by atoms with van der Waals surface area (Å²) >= 11 is 0. The zero-order valence-electron chi connectivity index (χ0n) is 40.0. The van der Waals surface area contributed by atoms with Gasteiger partial charge in [0.25, 0.3) is 11.8 Å². The van der Waals surface area contributed by atoms with E-state index in [2.05, 4.69) is 26.6 Å². The van der Waals surface area contributed by atoms with Crippen molar-refractivity contribution in [3.05, 3.63) is 12.2 Å². The number of amides is 7. The molecule has 0 aromatic carbocycles. The van der Waals surface area contributed by atoms with Crippen LogP contribution in [0.2, 0.25) is 0 Å². The van der Waals surface area contributed by atoms with Gasteiger partial charge >= 0.3 is 11.9 Å². The molecule has 384 valence electrons. The first-order valence-corrected chi connectivity index (χ1v) is 23.9. The first kappa shape index (κ1) is 62.0. The summed E-state index contributed by atoms with van der Waals surface area (Å²) in [5.74, 6) is -4.08. The van der Waals surface area contributed by atoms with Gasteiger partial charge in [-0.15, -0.1) is 0 Å². The van der Waals surface area contributed by atoms with Crippen LogP contribution in [0.3, 0.4) is 0 Å². The number of carboxylic acids is 2. The Morgan fingerprint density at radius 3 is 1.49 bits per heavy atom. The summed E-state index contributed by atoms with van der Waals surface area (Å²) in [6.45, 7) is 4.80. The van der Waals surface area contributed by atoms with Gasteiger partial charge in [-0.05, 0) is 25.7 Å². The zero-order valence-corrected chi connectivity index (χ0v) is 40.0. The number of aliphatic carboxylic acids is 2. The molecule has 1 heterocycles. The molecule has 0 radical (unpaired) electrons. The van der Waals surface area contributed by atoms with Crippen LogP contribution in [0.1, 0.15) is 135 Å². The Balaban J connectivity index is 0.00000130. The van der Waals surface area contributed by atoms with E-state index in [-0.39, 0.29) is 101 Å². The molecule has 0 saturated heterocycles. The van der Waals surface area contributed by atoms with Crippen molar-refractivity contribution in [2.24, 2.45) is 0 Å². The van der Waals surface area contributed by atoms with Crippen LogP contribution >= 0.6 is 0 Å². The molecule has 21 heteroatoms. The van der Waals surface area contributed by atoms with E-state index in [1.807, 2.05) is 6.92 Å². The van der Waals surface area contributed by atoms with Gasteiger partial charge in [-0.3, -0.25) is 43.3 Å². The summed E-state index contributed by atoms with van der Waals surface area (Å²) in [5, 5.41) is 30.9. The molecule has 0 bridgehead atoms. The SMILES string of the molecule is CCCOCC(=O)NCCOCCOCC(=O)NCCNC(=O)CCN1C(=O)C=CC1=O.COCCNC(=O)CC[C@H](NC(=O)CCCCCCCCCCCCCCCCC(=O)O)C(=O)O. The molecule has 7 amide bonds. The number of methoxy groups -OCH3 is 1. The van der Waals surface area contributed by atoms with Crippen LogP contribution in [0.15, 0.2) is 12.2 Å². The fourth-order valence-electron chi connectivity index (χ4n) is 6.28. The third-order valence-corrected chi connectivity index (χ3v) is 9.95. The van der Waals surface area contributed by atoms with E-state index < -0.39 is 29.8 Å². The lowest BCUT2D eigenvalue weighted by Crippen LogP contribution is -2.41. The van der Waals surface area contributed by atoms with Crippen molar-refractivity contribution >= 4 is 53.3 Å². The van der Waals surface area contributed by atoms with Crippen molar-refractivity contribution in [1.82, 2.24) is 31.5 Å². The van der Waals surface area contributed by atoms with E-state index in [1.165, 1.54) is 52.1 Å². The van der Waals surface area contributed by atoms with Crippen molar-refractivity contribution in [2.75, 3.05) is 86.1 Å². The molecule has 0 spiro atoms. The van der Waals surface area contributed by atoms with E-state index >= 15 is 0 Å². The van der Waals surface area contributed by atoms with Crippen molar-refractivity contribution in [3.63, 3.8) is 0 Å². The maximum atomic E-state index is 12.1. The van der Waals surface area contributed by atoms with Gasteiger partial charge in [0.1, 0.15) is 19.3 Å². The molecule has 1 aliphatic heterocycles. The van der Waals surface area contributed by atoms with Crippen molar-refractivity contribution in [3.8, 4) is 0 Å². The minimum atomic E-state index is -1.13. The number of nitrogens with zero attached hydrogens (tertiary/aromatic N) is 1. The van der Waals surface area contributed by atoms with Crippen LogP contribution in [0.25, 0.3) is 0 Å². The molecule has 21 nitrogen and oxygen atoms in total. The summed E-state index contributed by atoms with van der Waals surface area (Å²) in [6.07, 6.45) is 19.4. The summed E-state index contributed by atoms with van der Waals surface area (Å²) in [7, 11) is 1.53. The first-order valence-electron chi connectivity index (χ1n) is 23.9. The van der Waals surface area contributed by atoms with Crippen LogP contribution in [0, 0.1) is 0 Å². The number of unbranched alkanes of at least 4 members (excludes halogenated alkanes) is 13. The molecule has 1 rings (SSSR count). The number of hydrogen-bond donors (Lipinski definition) is 7. The maximum Gasteiger partial charge on any atom is 0.326 e. The number of carboxylic acid groups (broad SMARTS) is 2. The van der Waals surface area contributed by atoms with Gasteiger partial charge in [-0.2, -0.15) is 0 Å². The van der Waals surface area contributed by atoms with Gasteiger partial charge in [0.2, 0.25) is 29.5 Å². The lowest BCUT2D eigenvalue weighted by molar-refractivity contribution is -0.142. The molecule has 1 atom stereocenters. The molecule has 0 aromatic rings. The normalized spacial score (nSPS) is 12.2. The fraction of sp³-hybridized carbons (Fsp3) is 0.761. The quantitative estimate of drug-likeness (QED) is 0.0341. The van der Waals surface area contributed by atoms with Crippen molar-refractivity contribution < 1.29 is 72.3 Å². The predicted octanol–water partition coefficient (Wildman–Crippen LogP) is 2.53. The molecule has 0 saturated carbocycles. The molecule has 0 fully saturated rings. The highest BCUT2D eigenvalue weighted by molar-refractivity contribution is 6.13. The third kappa shape index (κ3) is 39.9.